The van der Waals surface area contributed by atoms with Gasteiger partial charge in [-0.1, -0.05) is 6.07 Å². The first-order valence-electron chi connectivity index (χ1n) is 5.81. The summed E-state index contributed by atoms with van der Waals surface area (Å²) in [4.78, 5) is 16.0. The highest BCUT2D eigenvalue weighted by Gasteiger charge is 2.12. The number of pyridine rings is 1. The number of amides is 1. The third-order valence-electron chi connectivity index (χ3n) is 2.71. The van der Waals surface area contributed by atoms with Gasteiger partial charge in [0.1, 0.15) is 5.82 Å². The Labute approximate surface area is 110 Å². The molecule has 0 fully saturated rings. The number of rotatable bonds is 3. The van der Waals surface area contributed by atoms with Gasteiger partial charge >= 0.3 is 0 Å². The lowest BCUT2D eigenvalue weighted by molar-refractivity contribution is 0.102. The second kappa shape index (κ2) is 5.48. The van der Waals surface area contributed by atoms with Crippen LogP contribution in [0.5, 0.6) is 0 Å². The van der Waals surface area contributed by atoms with Crippen molar-refractivity contribution in [3.8, 4) is 0 Å². The molecule has 98 valence electrons. The Bertz CT molecular complexity index is 613. The molecule has 0 saturated heterocycles. The molecule has 4 nitrogen and oxygen atoms in total. The Morgan fingerprint density at radius 3 is 2.79 bits per heavy atom. The molecule has 1 amide bonds. The summed E-state index contributed by atoms with van der Waals surface area (Å²) < 4.78 is 13.6. The topological polar surface area (TPSA) is 54.0 Å². The van der Waals surface area contributed by atoms with Crippen LogP contribution in [0.3, 0.4) is 0 Å². The third-order valence-corrected chi connectivity index (χ3v) is 2.71. The first-order valence-corrected chi connectivity index (χ1v) is 5.81. The van der Waals surface area contributed by atoms with Gasteiger partial charge < -0.3 is 10.6 Å². The monoisotopic (exact) mass is 259 g/mol. The molecule has 0 aliphatic rings. The van der Waals surface area contributed by atoms with Crippen molar-refractivity contribution < 1.29 is 9.18 Å². The first-order chi connectivity index (χ1) is 9.11. The number of aryl methyl sites for hydroxylation is 1. The fourth-order valence-corrected chi connectivity index (χ4v) is 1.72. The summed E-state index contributed by atoms with van der Waals surface area (Å²) in [6.07, 6.45) is 3.06. The molecule has 5 heteroatoms. The number of nitrogens with zero attached hydrogens (tertiary/aromatic N) is 1. The van der Waals surface area contributed by atoms with Crippen LogP contribution in [0.25, 0.3) is 0 Å². The van der Waals surface area contributed by atoms with Crippen LogP contribution in [0.15, 0.2) is 36.7 Å². The lowest BCUT2D eigenvalue weighted by atomic mass is 10.2. The van der Waals surface area contributed by atoms with Crippen molar-refractivity contribution in [2.75, 3.05) is 17.7 Å². The van der Waals surface area contributed by atoms with E-state index in [4.69, 9.17) is 0 Å². The second-order valence-electron chi connectivity index (χ2n) is 4.11. The van der Waals surface area contributed by atoms with Crippen LogP contribution in [0.1, 0.15) is 15.9 Å². The molecule has 2 N–H and O–H groups in total. The molecule has 0 saturated carbocycles. The minimum absolute atomic E-state index is 0.170. The normalized spacial score (nSPS) is 10.1. The Morgan fingerprint density at radius 2 is 2.05 bits per heavy atom. The molecule has 1 heterocycles. The van der Waals surface area contributed by atoms with Gasteiger partial charge in [0, 0.05) is 13.2 Å². The summed E-state index contributed by atoms with van der Waals surface area (Å²) >= 11 is 0. The fourth-order valence-electron chi connectivity index (χ4n) is 1.72. The summed E-state index contributed by atoms with van der Waals surface area (Å²) in [5, 5.41) is 5.43. The molecule has 0 radical (unpaired) electrons. The first kappa shape index (κ1) is 13.0. The highest BCUT2D eigenvalue weighted by molar-refractivity contribution is 6.07. The fraction of sp³-hybridized carbons (Fsp3) is 0.143. The van der Waals surface area contributed by atoms with Crippen molar-refractivity contribution in [1.29, 1.82) is 0 Å². The number of carbonyl (C=O) groups excluding carboxylic acids is 1. The van der Waals surface area contributed by atoms with Gasteiger partial charge in [0.2, 0.25) is 0 Å². The largest absolute Gasteiger partial charge is 0.386 e. The molecular weight excluding hydrogens is 245 g/mol. The van der Waals surface area contributed by atoms with Gasteiger partial charge in [0.25, 0.3) is 5.91 Å². The summed E-state index contributed by atoms with van der Waals surface area (Å²) in [5.74, 6) is -0.838. The van der Waals surface area contributed by atoms with E-state index < -0.39 is 5.82 Å². The van der Waals surface area contributed by atoms with Gasteiger partial charge in [-0.25, -0.2) is 4.39 Å². The van der Waals surface area contributed by atoms with E-state index in [0.29, 0.717) is 11.3 Å². The average Bonchev–Trinajstić information content (AvgIpc) is 2.42. The van der Waals surface area contributed by atoms with Gasteiger partial charge in [-0.3, -0.25) is 9.78 Å². The molecule has 1 aromatic heterocycles. The Balaban J connectivity index is 2.28. The van der Waals surface area contributed by atoms with E-state index in [1.54, 1.807) is 31.4 Å². The SMILES string of the molecule is CNc1cnccc1C(=O)Nc1cc(C)ccc1F. The summed E-state index contributed by atoms with van der Waals surface area (Å²) in [5.41, 5.74) is 2.05. The maximum absolute atomic E-state index is 13.6. The molecule has 0 bridgehead atoms. The van der Waals surface area contributed by atoms with Gasteiger partial charge in [-0.05, 0) is 30.7 Å². The van der Waals surface area contributed by atoms with Gasteiger partial charge in [0.05, 0.1) is 23.1 Å². The van der Waals surface area contributed by atoms with E-state index in [0.717, 1.165) is 5.56 Å². The number of carbonyl (C=O) groups is 1. The van der Waals surface area contributed by atoms with Crippen molar-refractivity contribution in [3.05, 3.63) is 53.6 Å². The molecule has 0 aliphatic heterocycles. The molecule has 2 aromatic rings. The minimum atomic E-state index is -0.459. The number of hydrogen-bond acceptors (Lipinski definition) is 3. The maximum Gasteiger partial charge on any atom is 0.257 e. The van der Waals surface area contributed by atoms with E-state index in [2.05, 4.69) is 15.6 Å². The van der Waals surface area contributed by atoms with E-state index in [1.807, 2.05) is 6.92 Å². The molecule has 0 spiro atoms. The molecule has 0 unspecified atom stereocenters. The highest BCUT2D eigenvalue weighted by Crippen LogP contribution is 2.19. The predicted molar refractivity (Wildman–Crippen MR) is 72.9 cm³/mol. The number of benzene rings is 1. The van der Waals surface area contributed by atoms with Crippen molar-refractivity contribution >= 4 is 17.3 Å². The number of aromatic nitrogens is 1. The zero-order valence-electron chi connectivity index (χ0n) is 10.7. The molecular formula is C14H14FN3O. The maximum atomic E-state index is 13.6. The summed E-state index contributed by atoms with van der Waals surface area (Å²) in [6, 6.07) is 6.15. The van der Waals surface area contributed by atoms with Crippen LogP contribution in [-0.4, -0.2) is 17.9 Å². The third kappa shape index (κ3) is 2.88. The van der Waals surface area contributed by atoms with Crippen molar-refractivity contribution in [2.24, 2.45) is 0 Å². The Hall–Kier alpha value is -2.43. The lowest BCUT2D eigenvalue weighted by Gasteiger charge is -2.10. The average molecular weight is 259 g/mol. The zero-order valence-corrected chi connectivity index (χ0v) is 10.7. The smallest absolute Gasteiger partial charge is 0.257 e. The van der Waals surface area contributed by atoms with E-state index >= 15 is 0 Å². The molecule has 1 aromatic carbocycles. The van der Waals surface area contributed by atoms with Gasteiger partial charge in [0.15, 0.2) is 0 Å². The molecule has 0 atom stereocenters. The van der Waals surface area contributed by atoms with E-state index in [9.17, 15) is 9.18 Å². The standard InChI is InChI=1S/C14H14FN3O/c1-9-3-4-11(15)12(7-9)18-14(19)10-5-6-17-8-13(10)16-2/h3-8,16H,1-2H3,(H,18,19). The molecule has 0 aliphatic carbocycles. The Morgan fingerprint density at radius 1 is 1.26 bits per heavy atom. The van der Waals surface area contributed by atoms with Gasteiger partial charge in [-0.2, -0.15) is 0 Å². The van der Waals surface area contributed by atoms with Crippen molar-refractivity contribution in [3.63, 3.8) is 0 Å². The number of halogens is 1. The second-order valence-corrected chi connectivity index (χ2v) is 4.11. The van der Waals surface area contributed by atoms with Crippen LogP contribution in [0, 0.1) is 12.7 Å². The Kier molecular flexibility index (Phi) is 3.75. The van der Waals surface area contributed by atoms with Crippen molar-refractivity contribution in [1.82, 2.24) is 4.98 Å². The summed E-state index contributed by atoms with van der Waals surface area (Å²) in [7, 11) is 1.70. The lowest BCUT2D eigenvalue weighted by Crippen LogP contribution is -2.15. The van der Waals surface area contributed by atoms with E-state index in [-0.39, 0.29) is 11.6 Å². The van der Waals surface area contributed by atoms with Crippen molar-refractivity contribution in [2.45, 2.75) is 6.92 Å². The van der Waals surface area contributed by atoms with Crippen LogP contribution in [-0.2, 0) is 0 Å². The summed E-state index contributed by atoms with van der Waals surface area (Å²) in [6.45, 7) is 1.83. The quantitative estimate of drug-likeness (QED) is 0.891. The zero-order chi connectivity index (χ0) is 13.8. The van der Waals surface area contributed by atoms with Crippen LogP contribution < -0.4 is 10.6 Å². The van der Waals surface area contributed by atoms with E-state index in [1.165, 1.54) is 12.3 Å². The highest BCUT2D eigenvalue weighted by atomic mass is 19.1. The number of anilines is 2. The van der Waals surface area contributed by atoms with Crippen LogP contribution in [0.2, 0.25) is 0 Å². The van der Waals surface area contributed by atoms with Crippen LogP contribution >= 0.6 is 0 Å². The number of hydrogen-bond donors (Lipinski definition) is 2. The molecule has 2 rings (SSSR count). The minimum Gasteiger partial charge on any atom is -0.386 e. The molecule has 19 heavy (non-hydrogen) atoms. The predicted octanol–water partition coefficient (Wildman–Crippen LogP) is 2.82. The number of nitrogens with one attached hydrogen (secondary N) is 2. The van der Waals surface area contributed by atoms with Crippen LogP contribution in [0.4, 0.5) is 15.8 Å². The van der Waals surface area contributed by atoms with Gasteiger partial charge in [-0.15, -0.1) is 0 Å².